The van der Waals surface area contributed by atoms with Crippen molar-refractivity contribution in [2.75, 3.05) is 0 Å². The predicted octanol–water partition coefficient (Wildman–Crippen LogP) is 16.1. The molecule has 336 valence electrons. The van der Waals surface area contributed by atoms with E-state index < -0.39 is 0 Å². The Kier molecular flexibility index (Phi) is 12.9. The van der Waals surface area contributed by atoms with Crippen LogP contribution in [0.5, 0.6) is 5.75 Å². The molecule has 0 aliphatic heterocycles. The van der Waals surface area contributed by atoms with Crippen LogP contribution in [0.15, 0.2) is 134 Å². The number of hydrogen-bond donors (Lipinski definition) is 1. The van der Waals surface area contributed by atoms with Gasteiger partial charge in [-0.3, -0.25) is 9.55 Å². The zero-order chi connectivity index (χ0) is 45.9. The second-order valence-corrected chi connectivity index (χ2v) is 21.4. The summed E-state index contributed by atoms with van der Waals surface area (Å²) in [5.74, 6) is 0.923. The number of hydrogen-bond acceptors (Lipinski definition) is 3. The first-order valence-corrected chi connectivity index (χ1v) is 22.9. The van der Waals surface area contributed by atoms with E-state index in [1.807, 2.05) is 13.1 Å². The van der Waals surface area contributed by atoms with Gasteiger partial charge >= 0.3 is 0 Å². The van der Waals surface area contributed by atoms with Gasteiger partial charge in [0.05, 0.1) is 22.3 Å². The molecule has 65 heavy (non-hydrogen) atoms. The fraction of sp³-hybridized carbons (Fsp3) is 0.300. The monoisotopic (exact) mass is 1040 g/mol. The van der Waals surface area contributed by atoms with Crippen molar-refractivity contribution in [2.45, 2.75) is 118 Å². The van der Waals surface area contributed by atoms with Gasteiger partial charge in [-0.05, 0) is 104 Å². The van der Waals surface area contributed by atoms with E-state index in [1.165, 1.54) is 16.7 Å². The Bertz CT molecular complexity index is 3010. The quantitative estimate of drug-likeness (QED) is 0.154. The molecule has 0 fully saturated rings. The van der Waals surface area contributed by atoms with Gasteiger partial charge in [-0.15, -0.1) is 29.3 Å². The van der Waals surface area contributed by atoms with Crippen molar-refractivity contribution in [3.05, 3.63) is 167 Å². The van der Waals surface area contributed by atoms with Crippen molar-refractivity contribution in [1.82, 2.24) is 14.5 Å². The summed E-state index contributed by atoms with van der Waals surface area (Å²) < 4.78 is 2.27. The number of rotatable bonds is 8. The second kappa shape index (κ2) is 17.7. The molecule has 5 heteroatoms. The van der Waals surface area contributed by atoms with E-state index in [0.29, 0.717) is 11.4 Å². The van der Waals surface area contributed by atoms with Crippen LogP contribution in [0.2, 0.25) is 0 Å². The molecular formula is C60H64N3OPt-. The molecule has 1 N–H and O–H groups in total. The van der Waals surface area contributed by atoms with E-state index in [1.54, 1.807) is 0 Å². The number of aromatic nitrogens is 3. The van der Waals surface area contributed by atoms with Crippen LogP contribution in [-0.2, 0) is 42.7 Å². The van der Waals surface area contributed by atoms with Crippen molar-refractivity contribution in [3.8, 4) is 67.5 Å². The summed E-state index contributed by atoms with van der Waals surface area (Å²) in [4.78, 5) is 10.6. The summed E-state index contributed by atoms with van der Waals surface area (Å²) in [5.41, 5.74) is 17.1. The molecule has 2 aromatic heterocycles. The maximum atomic E-state index is 12.1. The van der Waals surface area contributed by atoms with Gasteiger partial charge in [-0.1, -0.05) is 179 Å². The molecule has 0 unspecified atom stereocenters. The summed E-state index contributed by atoms with van der Waals surface area (Å²) >= 11 is 0. The number of benzene rings is 6. The molecular weight excluding hydrogens is 974 g/mol. The topological polar surface area (TPSA) is 50.9 Å². The Morgan fingerprint density at radius 1 is 0.554 bits per heavy atom. The van der Waals surface area contributed by atoms with Crippen LogP contribution in [-0.4, -0.2) is 19.6 Å². The van der Waals surface area contributed by atoms with E-state index >= 15 is 0 Å². The molecule has 0 amide bonds. The van der Waals surface area contributed by atoms with Gasteiger partial charge in [0.25, 0.3) is 0 Å². The van der Waals surface area contributed by atoms with E-state index in [2.05, 4.69) is 221 Å². The Morgan fingerprint density at radius 3 is 1.82 bits per heavy atom. The van der Waals surface area contributed by atoms with E-state index in [9.17, 15) is 5.11 Å². The summed E-state index contributed by atoms with van der Waals surface area (Å²) in [5, 5.41) is 12.1. The van der Waals surface area contributed by atoms with Crippen LogP contribution >= 0.6 is 0 Å². The summed E-state index contributed by atoms with van der Waals surface area (Å²) in [7, 11) is 0. The molecule has 4 nitrogen and oxygen atoms in total. The first-order chi connectivity index (χ1) is 30.1. The molecule has 0 atom stereocenters. The minimum Gasteiger partial charge on any atom is -0.507 e. The van der Waals surface area contributed by atoms with Crippen molar-refractivity contribution >= 4 is 11.0 Å². The van der Waals surface area contributed by atoms with E-state index in [0.717, 1.165) is 78.9 Å². The Labute approximate surface area is 402 Å². The van der Waals surface area contributed by atoms with E-state index in [-0.39, 0.29) is 48.5 Å². The predicted molar refractivity (Wildman–Crippen MR) is 271 cm³/mol. The number of pyridine rings is 1. The maximum absolute atomic E-state index is 12.1. The van der Waals surface area contributed by atoms with Gasteiger partial charge in [0.1, 0.15) is 11.6 Å². The third kappa shape index (κ3) is 9.43. The summed E-state index contributed by atoms with van der Waals surface area (Å²) in [6, 6.07) is 49.8. The molecule has 0 saturated carbocycles. The minimum atomic E-state index is -0.160. The summed E-state index contributed by atoms with van der Waals surface area (Å²) in [6.45, 7) is 29.0. The van der Waals surface area contributed by atoms with Crippen LogP contribution in [0, 0.1) is 13.0 Å². The first kappa shape index (κ1) is 47.4. The molecule has 0 aliphatic rings. The normalized spacial score (nSPS) is 12.4. The molecule has 0 saturated heterocycles. The molecule has 0 bridgehead atoms. The van der Waals surface area contributed by atoms with Crippen molar-refractivity contribution in [2.24, 2.45) is 0 Å². The largest absolute Gasteiger partial charge is 0.507 e. The number of para-hydroxylation sites is 1. The third-order valence-corrected chi connectivity index (χ3v) is 13.2. The molecule has 2 heterocycles. The van der Waals surface area contributed by atoms with Crippen LogP contribution in [0.3, 0.4) is 0 Å². The second-order valence-electron chi connectivity index (χ2n) is 21.4. The SMILES string of the molecule is CCC(C)(C)c1ccc(-n2c(-c3cc(C(C)(C)C)cc(C)c3O)nc3c(-c4[c-]c(-c5cc(-c6ccc(C(C)(C)C)cc6)ccn5)cc(C(C)(C)C)c4)cccc32)c(-c2ccccc2)c1.[Pt]. The molecule has 8 rings (SSSR count). The standard InChI is InChI=1S/C60H64N3O.Pt/c1-14-60(12,13)45-27-28-52(49(36-45)40-19-16-15-17-20-40)63-53-22-18-21-48(54(53)62-56(63)50-37-46(58(6,7)8)31-38(2)55(50)64)42-32-43(34-47(33-42)59(9,10)11)51-35-41(29-30-61-51)39-23-25-44(26-24-39)57(3,4)5;/h15-31,33-37,64H,14H2,1-13H3;/q-1;. The molecule has 0 radical (unpaired) electrons. The molecule has 0 aliphatic carbocycles. The van der Waals surface area contributed by atoms with Crippen molar-refractivity contribution in [3.63, 3.8) is 0 Å². The molecule has 8 aromatic rings. The smallest absolute Gasteiger partial charge is 0.148 e. The number of aryl methyl sites for hydroxylation is 1. The number of fused-ring (bicyclic) bond motifs is 1. The number of nitrogens with zero attached hydrogens (tertiary/aromatic N) is 3. The average molecular weight is 1040 g/mol. The van der Waals surface area contributed by atoms with Crippen LogP contribution < -0.4 is 0 Å². The number of aromatic hydroxyl groups is 1. The molecule has 0 spiro atoms. The van der Waals surface area contributed by atoms with Crippen molar-refractivity contribution < 1.29 is 26.2 Å². The first-order valence-electron chi connectivity index (χ1n) is 22.9. The third-order valence-electron chi connectivity index (χ3n) is 13.2. The van der Waals surface area contributed by atoms with Gasteiger partial charge in [-0.25, -0.2) is 4.98 Å². The number of phenolic OH excluding ortho intramolecular Hbond substituents is 1. The molecule has 6 aromatic carbocycles. The Balaban J connectivity index is 0.00000630. The van der Waals surface area contributed by atoms with Crippen molar-refractivity contribution in [1.29, 1.82) is 0 Å². The number of imidazole rings is 1. The van der Waals surface area contributed by atoms with Crippen LogP contribution in [0.25, 0.3) is 72.7 Å². The average Bonchev–Trinajstić information content (AvgIpc) is 3.65. The van der Waals surface area contributed by atoms with Gasteiger partial charge in [0.2, 0.25) is 0 Å². The fourth-order valence-corrected chi connectivity index (χ4v) is 8.54. The van der Waals surface area contributed by atoms with Gasteiger partial charge < -0.3 is 5.11 Å². The van der Waals surface area contributed by atoms with Gasteiger partial charge in [0, 0.05) is 38.5 Å². The van der Waals surface area contributed by atoms with Crippen LogP contribution in [0.4, 0.5) is 0 Å². The van der Waals surface area contributed by atoms with Gasteiger partial charge in [0.15, 0.2) is 0 Å². The zero-order valence-corrected chi connectivity index (χ0v) is 42.8. The maximum Gasteiger partial charge on any atom is 0.148 e. The number of phenols is 1. The minimum absolute atomic E-state index is 0. The Hall–Kier alpha value is -5.57. The fourth-order valence-electron chi connectivity index (χ4n) is 8.54. The Morgan fingerprint density at radius 2 is 1.17 bits per heavy atom. The summed E-state index contributed by atoms with van der Waals surface area (Å²) in [6.07, 6.45) is 2.91. The van der Waals surface area contributed by atoms with Gasteiger partial charge in [-0.2, -0.15) is 0 Å². The van der Waals surface area contributed by atoms with Crippen LogP contribution in [0.1, 0.15) is 117 Å². The van der Waals surface area contributed by atoms with E-state index in [4.69, 9.17) is 9.97 Å². The zero-order valence-electron chi connectivity index (χ0n) is 40.5.